The van der Waals surface area contributed by atoms with E-state index in [4.69, 9.17) is 9.47 Å². The summed E-state index contributed by atoms with van der Waals surface area (Å²) in [5.41, 5.74) is 4.72. The van der Waals surface area contributed by atoms with E-state index in [0.717, 1.165) is 16.7 Å². The maximum Gasteiger partial charge on any atom is 0.339 e. The highest BCUT2D eigenvalue weighted by molar-refractivity contribution is 6.22. The molecule has 5 nitrogen and oxygen atoms in total. The molecule has 0 aliphatic heterocycles. The smallest absolute Gasteiger partial charge is 0.339 e. The third kappa shape index (κ3) is 6.06. The molecule has 0 bridgehead atoms. The third-order valence-electron chi connectivity index (χ3n) is 4.83. The highest BCUT2D eigenvalue weighted by atomic mass is 16.5. The van der Waals surface area contributed by atoms with Crippen LogP contribution in [0.1, 0.15) is 22.3 Å². The van der Waals surface area contributed by atoms with Gasteiger partial charge in [-0.05, 0) is 66.4 Å². The van der Waals surface area contributed by atoms with Crippen LogP contribution >= 0.6 is 0 Å². The van der Waals surface area contributed by atoms with Crippen molar-refractivity contribution in [2.24, 2.45) is 0 Å². The van der Waals surface area contributed by atoms with E-state index in [0.29, 0.717) is 22.6 Å². The highest BCUT2D eigenvalue weighted by Gasteiger charge is 2.16. The molecular formula is C26H25NO4. The molecule has 3 aromatic carbocycles. The average molecular weight is 415 g/mol. The first-order valence-electron chi connectivity index (χ1n) is 9.91. The zero-order valence-corrected chi connectivity index (χ0v) is 17.8. The van der Waals surface area contributed by atoms with Crippen molar-refractivity contribution in [3.8, 4) is 5.75 Å². The monoisotopic (exact) mass is 415 g/mol. The fourth-order valence-electron chi connectivity index (χ4n) is 3.00. The van der Waals surface area contributed by atoms with Crippen LogP contribution in [0.3, 0.4) is 0 Å². The third-order valence-corrected chi connectivity index (χ3v) is 4.83. The summed E-state index contributed by atoms with van der Waals surface area (Å²) < 4.78 is 10.6. The number of amides is 1. The van der Waals surface area contributed by atoms with Crippen molar-refractivity contribution in [1.82, 2.24) is 0 Å². The van der Waals surface area contributed by atoms with Crippen molar-refractivity contribution in [1.29, 1.82) is 0 Å². The summed E-state index contributed by atoms with van der Waals surface area (Å²) in [6.45, 7) is 3.59. The van der Waals surface area contributed by atoms with E-state index in [1.807, 2.05) is 86.6 Å². The number of ether oxygens (including phenoxy) is 2. The number of hydrogen-bond donors (Lipinski definition) is 1. The number of methoxy groups -OCH3 is 1. The number of esters is 1. The molecule has 0 radical (unpaired) electrons. The van der Waals surface area contributed by atoms with E-state index in [9.17, 15) is 9.59 Å². The Morgan fingerprint density at radius 1 is 0.903 bits per heavy atom. The van der Waals surface area contributed by atoms with Gasteiger partial charge in [0.05, 0.1) is 12.7 Å². The maximum atomic E-state index is 12.9. The Labute approximate surface area is 182 Å². The van der Waals surface area contributed by atoms with Crippen molar-refractivity contribution in [2.75, 3.05) is 19.0 Å². The Bertz CT molecular complexity index is 1100. The zero-order valence-electron chi connectivity index (χ0n) is 17.8. The summed E-state index contributed by atoms with van der Waals surface area (Å²) in [5.74, 6) is -0.294. The number of nitrogens with one attached hydrogen (secondary N) is 1. The van der Waals surface area contributed by atoms with Gasteiger partial charge in [-0.3, -0.25) is 4.79 Å². The van der Waals surface area contributed by atoms with Crippen molar-refractivity contribution >= 4 is 29.2 Å². The normalized spacial score (nSPS) is 11.0. The van der Waals surface area contributed by atoms with Gasteiger partial charge in [0, 0.05) is 5.69 Å². The van der Waals surface area contributed by atoms with Gasteiger partial charge in [-0.2, -0.15) is 0 Å². The number of aryl methyl sites for hydroxylation is 2. The molecule has 0 saturated carbocycles. The second kappa shape index (κ2) is 10.3. The van der Waals surface area contributed by atoms with Crippen LogP contribution in [0, 0.1) is 13.8 Å². The molecule has 0 atom stereocenters. The number of benzene rings is 3. The molecule has 0 saturated heterocycles. The van der Waals surface area contributed by atoms with Crippen LogP contribution in [0.5, 0.6) is 5.75 Å². The Morgan fingerprint density at radius 3 is 2.39 bits per heavy atom. The van der Waals surface area contributed by atoms with Crippen LogP contribution in [0.2, 0.25) is 0 Å². The van der Waals surface area contributed by atoms with Crippen molar-refractivity contribution in [3.05, 3.63) is 95.1 Å². The summed E-state index contributed by atoms with van der Waals surface area (Å²) in [4.78, 5) is 25.1. The summed E-state index contributed by atoms with van der Waals surface area (Å²) in [6, 6.07) is 22.2. The summed E-state index contributed by atoms with van der Waals surface area (Å²) in [5, 5.41) is 2.76. The molecule has 31 heavy (non-hydrogen) atoms. The molecule has 1 N–H and O–H groups in total. The Kier molecular flexibility index (Phi) is 7.22. The lowest BCUT2D eigenvalue weighted by atomic mass is 10.0. The van der Waals surface area contributed by atoms with Crippen LogP contribution in [-0.4, -0.2) is 25.6 Å². The molecule has 0 fully saturated rings. The molecule has 1 amide bonds. The van der Waals surface area contributed by atoms with Crippen LogP contribution in [0.25, 0.3) is 11.6 Å². The molecule has 5 heteroatoms. The SMILES string of the molecule is COc1cccc(/C=C(/C(=O)OCC(=O)Nc2ccc(C)c(C)c2)c2ccccc2)c1. The Morgan fingerprint density at radius 2 is 1.68 bits per heavy atom. The van der Waals surface area contributed by atoms with E-state index >= 15 is 0 Å². The van der Waals surface area contributed by atoms with Gasteiger partial charge in [0.15, 0.2) is 6.61 Å². The van der Waals surface area contributed by atoms with E-state index in [2.05, 4.69) is 5.32 Å². The van der Waals surface area contributed by atoms with Gasteiger partial charge in [0.2, 0.25) is 0 Å². The predicted octanol–water partition coefficient (Wildman–Crippen LogP) is 5.03. The minimum absolute atomic E-state index is 0.354. The predicted molar refractivity (Wildman–Crippen MR) is 123 cm³/mol. The molecule has 0 spiro atoms. The first kappa shape index (κ1) is 21.8. The molecule has 0 aliphatic carbocycles. The number of anilines is 1. The fourth-order valence-corrected chi connectivity index (χ4v) is 3.00. The lowest BCUT2D eigenvalue weighted by Crippen LogP contribution is -2.21. The first-order chi connectivity index (χ1) is 15.0. The molecule has 3 aromatic rings. The van der Waals surface area contributed by atoms with Crippen LogP contribution < -0.4 is 10.1 Å². The van der Waals surface area contributed by atoms with Gasteiger partial charge in [0.1, 0.15) is 5.75 Å². The van der Waals surface area contributed by atoms with Crippen molar-refractivity contribution in [2.45, 2.75) is 13.8 Å². The van der Waals surface area contributed by atoms with Crippen molar-refractivity contribution in [3.63, 3.8) is 0 Å². The summed E-state index contributed by atoms with van der Waals surface area (Å²) in [6.07, 6.45) is 1.72. The second-order valence-corrected chi connectivity index (χ2v) is 7.12. The van der Waals surface area contributed by atoms with E-state index < -0.39 is 11.9 Å². The summed E-state index contributed by atoms with van der Waals surface area (Å²) >= 11 is 0. The van der Waals surface area contributed by atoms with E-state index in [-0.39, 0.29) is 6.61 Å². The second-order valence-electron chi connectivity index (χ2n) is 7.12. The van der Waals surface area contributed by atoms with E-state index in [1.165, 1.54) is 0 Å². The largest absolute Gasteiger partial charge is 0.497 e. The highest BCUT2D eigenvalue weighted by Crippen LogP contribution is 2.22. The molecule has 0 heterocycles. The first-order valence-corrected chi connectivity index (χ1v) is 9.91. The Balaban J connectivity index is 1.74. The van der Waals surface area contributed by atoms with Gasteiger partial charge in [-0.1, -0.05) is 48.5 Å². The van der Waals surface area contributed by atoms with Gasteiger partial charge < -0.3 is 14.8 Å². The van der Waals surface area contributed by atoms with E-state index in [1.54, 1.807) is 13.2 Å². The number of hydrogen-bond acceptors (Lipinski definition) is 4. The molecular weight excluding hydrogens is 390 g/mol. The lowest BCUT2D eigenvalue weighted by Gasteiger charge is -2.11. The standard InChI is InChI=1S/C26H25NO4/c1-18-12-13-22(14-19(18)2)27-25(28)17-31-26(29)24(21-9-5-4-6-10-21)16-20-8-7-11-23(15-20)30-3/h4-16H,17H2,1-3H3,(H,27,28)/b24-16+. The zero-order chi connectivity index (χ0) is 22.2. The Hall–Kier alpha value is -3.86. The van der Waals surface area contributed by atoms with Gasteiger partial charge in [-0.15, -0.1) is 0 Å². The molecule has 0 unspecified atom stereocenters. The van der Waals surface area contributed by atoms with Crippen LogP contribution in [0.15, 0.2) is 72.8 Å². The molecule has 0 aromatic heterocycles. The quantitative estimate of drug-likeness (QED) is 0.334. The topological polar surface area (TPSA) is 64.6 Å². The van der Waals surface area contributed by atoms with Gasteiger partial charge in [0.25, 0.3) is 5.91 Å². The van der Waals surface area contributed by atoms with Crippen LogP contribution in [-0.2, 0) is 14.3 Å². The van der Waals surface area contributed by atoms with Gasteiger partial charge >= 0.3 is 5.97 Å². The number of carbonyl (C=O) groups is 2. The molecule has 158 valence electrons. The lowest BCUT2D eigenvalue weighted by molar-refractivity contribution is -0.141. The maximum absolute atomic E-state index is 12.9. The molecule has 3 rings (SSSR count). The van der Waals surface area contributed by atoms with Crippen molar-refractivity contribution < 1.29 is 19.1 Å². The summed E-state index contributed by atoms with van der Waals surface area (Å²) in [7, 11) is 1.59. The fraction of sp³-hybridized carbons (Fsp3) is 0.154. The minimum Gasteiger partial charge on any atom is -0.497 e. The van der Waals surface area contributed by atoms with Crippen LogP contribution in [0.4, 0.5) is 5.69 Å². The van der Waals surface area contributed by atoms with Gasteiger partial charge in [-0.25, -0.2) is 4.79 Å². The molecule has 0 aliphatic rings. The minimum atomic E-state index is -0.579. The number of rotatable bonds is 7. The number of carbonyl (C=O) groups excluding carboxylic acids is 2. The average Bonchev–Trinajstić information content (AvgIpc) is 2.79.